The number of carbonyl (C=O) groups excluding carboxylic acids is 1. The van der Waals surface area contributed by atoms with Gasteiger partial charge in [-0.25, -0.2) is 10.4 Å². The number of benzene rings is 3. The predicted octanol–water partition coefficient (Wildman–Crippen LogP) is 5.60. The highest BCUT2D eigenvalue weighted by Crippen LogP contribution is 2.44. The van der Waals surface area contributed by atoms with E-state index < -0.39 is 17.6 Å². The molecule has 0 aromatic heterocycles. The SMILES string of the molecule is CCCNNC(=O)[C@@]1(Cc2ccccc2CN=[N+]=[N-])N=C(c2ccc(OCCCO)cc2)O[C@H]1c1ccccc1CN=[N+]=[N-]. The fourth-order valence-electron chi connectivity index (χ4n) is 4.96. The van der Waals surface area contributed by atoms with E-state index in [2.05, 4.69) is 30.9 Å². The number of nitrogens with one attached hydrogen (secondary N) is 2. The van der Waals surface area contributed by atoms with Crippen LogP contribution in [0.15, 0.2) is 88.0 Å². The second-order valence-corrected chi connectivity index (χ2v) is 10.1. The van der Waals surface area contributed by atoms with Crippen molar-refractivity contribution in [1.29, 1.82) is 0 Å². The summed E-state index contributed by atoms with van der Waals surface area (Å²) >= 11 is 0. The second-order valence-electron chi connectivity index (χ2n) is 10.1. The molecule has 0 saturated heterocycles. The van der Waals surface area contributed by atoms with Crippen LogP contribution in [0.5, 0.6) is 5.75 Å². The van der Waals surface area contributed by atoms with Crippen molar-refractivity contribution in [2.24, 2.45) is 15.2 Å². The number of ether oxygens (including phenoxy) is 2. The Morgan fingerprint density at radius 2 is 1.66 bits per heavy atom. The molecule has 1 aliphatic rings. The van der Waals surface area contributed by atoms with Gasteiger partial charge in [0.05, 0.1) is 19.7 Å². The fraction of sp³-hybridized carbons (Fsp3) is 0.355. The summed E-state index contributed by atoms with van der Waals surface area (Å²) in [5.74, 6) is 0.470. The average molecular weight is 598 g/mol. The molecular weight excluding hydrogens is 562 g/mol. The summed E-state index contributed by atoms with van der Waals surface area (Å²) in [7, 11) is 0. The van der Waals surface area contributed by atoms with Crippen molar-refractivity contribution >= 4 is 11.8 Å². The zero-order valence-corrected chi connectivity index (χ0v) is 24.5. The Morgan fingerprint density at radius 1 is 1.00 bits per heavy atom. The number of aliphatic imine (C=N–C) groups is 1. The van der Waals surface area contributed by atoms with E-state index in [0.29, 0.717) is 42.0 Å². The van der Waals surface area contributed by atoms with Crippen LogP contribution in [0, 0.1) is 0 Å². The molecule has 1 aliphatic heterocycles. The van der Waals surface area contributed by atoms with Gasteiger partial charge < -0.3 is 14.6 Å². The van der Waals surface area contributed by atoms with Crippen molar-refractivity contribution in [1.82, 2.24) is 10.9 Å². The molecule has 0 saturated carbocycles. The number of hydrogen-bond donors (Lipinski definition) is 3. The van der Waals surface area contributed by atoms with Crippen LogP contribution < -0.4 is 15.6 Å². The van der Waals surface area contributed by atoms with Gasteiger partial charge in [0.15, 0.2) is 11.6 Å². The van der Waals surface area contributed by atoms with E-state index in [0.717, 1.165) is 17.5 Å². The van der Waals surface area contributed by atoms with Crippen LogP contribution in [0.1, 0.15) is 53.7 Å². The van der Waals surface area contributed by atoms with Gasteiger partial charge in [-0.3, -0.25) is 10.2 Å². The van der Waals surface area contributed by atoms with Gasteiger partial charge in [0.2, 0.25) is 5.90 Å². The lowest BCUT2D eigenvalue weighted by Crippen LogP contribution is -2.54. The van der Waals surface area contributed by atoms with Crippen molar-refractivity contribution < 1.29 is 19.4 Å². The van der Waals surface area contributed by atoms with Gasteiger partial charge in [-0.1, -0.05) is 65.7 Å². The van der Waals surface area contributed by atoms with Gasteiger partial charge in [0, 0.05) is 41.4 Å². The number of carbonyl (C=O) groups is 1. The Labute approximate surface area is 255 Å². The van der Waals surface area contributed by atoms with Gasteiger partial charge in [-0.2, -0.15) is 0 Å². The van der Waals surface area contributed by atoms with Crippen molar-refractivity contribution in [3.8, 4) is 5.75 Å². The number of rotatable bonds is 16. The first kappa shape index (κ1) is 31.9. The van der Waals surface area contributed by atoms with E-state index in [-0.39, 0.29) is 32.0 Å². The molecule has 4 rings (SSSR count). The summed E-state index contributed by atoms with van der Waals surface area (Å²) in [5, 5.41) is 16.6. The van der Waals surface area contributed by atoms with Crippen molar-refractivity contribution in [2.75, 3.05) is 19.8 Å². The Balaban J connectivity index is 1.86. The lowest BCUT2D eigenvalue weighted by atomic mass is 9.80. The highest BCUT2D eigenvalue weighted by Gasteiger charge is 2.54. The van der Waals surface area contributed by atoms with Crippen LogP contribution in [0.25, 0.3) is 20.9 Å². The molecule has 0 aliphatic carbocycles. The lowest BCUT2D eigenvalue weighted by Gasteiger charge is -2.32. The minimum atomic E-state index is -1.51. The molecular formula is C31H35N9O4. The molecule has 13 heteroatoms. The third-order valence-electron chi connectivity index (χ3n) is 7.13. The maximum Gasteiger partial charge on any atom is 0.266 e. The molecule has 0 spiro atoms. The Kier molecular flexibility index (Phi) is 11.6. The highest BCUT2D eigenvalue weighted by atomic mass is 16.5. The fourth-order valence-corrected chi connectivity index (χ4v) is 4.96. The molecule has 13 nitrogen and oxygen atoms in total. The number of amides is 1. The van der Waals surface area contributed by atoms with E-state index in [1.54, 1.807) is 24.3 Å². The number of aliphatic hydroxyl groups is 1. The van der Waals surface area contributed by atoms with Crippen molar-refractivity contribution in [3.05, 3.63) is 121 Å². The van der Waals surface area contributed by atoms with Gasteiger partial charge in [-0.05, 0) is 64.0 Å². The molecule has 3 aromatic carbocycles. The monoisotopic (exact) mass is 597 g/mol. The predicted molar refractivity (Wildman–Crippen MR) is 165 cm³/mol. The largest absolute Gasteiger partial charge is 0.494 e. The van der Waals surface area contributed by atoms with E-state index >= 15 is 0 Å². The van der Waals surface area contributed by atoms with E-state index in [1.165, 1.54) is 0 Å². The Bertz CT molecular complexity index is 1550. The van der Waals surface area contributed by atoms with Gasteiger partial charge in [0.25, 0.3) is 5.91 Å². The van der Waals surface area contributed by atoms with E-state index in [1.807, 2.05) is 55.5 Å². The van der Waals surface area contributed by atoms with Gasteiger partial charge in [-0.15, -0.1) is 0 Å². The van der Waals surface area contributed by atoms with Crippen LogP contribution in [-0.4, -0.2) is 42.2 Å². The summed E-state index contributed by atoms with van der Waals surface area (Å²) in [4.78, 5) is 25.2. The third-order valence-corrected chi connectivity index (χ3v) is 7.13. The maximum absolute atomic E-state index is 14.3. The first-order chi connectivity index (χ1) is 21.6. The molecule has 3 N–H and O–H groups in total. The van der Waals surface area contributed by atoms with Crippen LogP contribution in [0.3, 0.4) is 0 Å². The molecule has 1 amide bonds. The highest BCUT2D eigenvalue weighted by molar-refractivity contribution is 6.01. The Hall–Kier alpha value is -5.06. The summed E-state index contributed by atoms with van der Waals surface area (Å²) in [6.45, 7) is 3.10. The summed E-state index contributed by atoms with van der Waals surface area (Å²) in [6.07, 6.45) is 0.521. The smallest absolute Gasteiger partial charge is 0.266 e. The first-order valence-electron chi connectivity index (χ1n) is 14.4. The molecule has 228 valence electrons. The molecule has 3 aromatic rings. The zero-order valence-electron chi connectivity index (χ0n) is 24.5. The number of hydrazine groups is 1. The number of hydrogen-bond acceptors (Lipinski definition) is 8. The molecule has 1 heterocycles. The van der Waals surface area contributed by atoms with Crippen LogP contribution in [-0.2, 0) is 29.0 Å². The van der Waals surface area contributed by atoms with Crippen molar-refractivity contribution in [2.45, 2.75) is 50.9 Å². The maximum atomic E-state index is 14.3. The normalized spacial score (nSPS) is 17.0. The molecule has 0 radical (unpaired) electrons. The quantitative estimate of drug-likeness (QED) is 0.0635. The molecule has 0 unspecified atom stereocenters. The van der Waals surface area contributed by atoms with Gasteiger partial charge >= 0.3 is 0 Å². The summed E-state index contributed by atoms with van der Waals surface area (Å²) in [6, 6.07) is 21.9. The first-order valence-corrected chi connectivity index (χ1v) is 14.4. The van der Waals surface area contributed by atoms with Crippen molar-refractivity contribution in [3.63, 3.8) is 0 Å². The standard InChI is InChI=1S/C31H35N9O4/c1-2-16-34-38-30(42)31(19-23-8-3-4-9-24(23)20-35-39-32)28(27-11-6-5-10-25(27)21-36-40-33)44-29(37-31)22-12-14-26(15-13-22)43-18-7-17-41/h3-6,8-15,28,34,41H,2,7,16-21H2,1H3,(H,38,42)/t28-,31-/m0/s1. The summed E-state index contributed by atoms with van der Waals surface area (Å²) < 4.78 is 12.3. The molecule has 2 atom stereocenters. The van der Waals surface area contributed by atoms with Gasteiger partial charge in [0.1, 0.15) is 5.75 Å². The topological polar surface area (TPSA) is 190 Å². The molecule has 0 bridgehead atoms. The minimum Gasteiger partial charge on any atom is -0.494 e. The average Bonchev–Trinajstić information content (AvgIpc) is 3.44. The number of nitrogens with zero attached hydrogens (tertiary/aromatic N) is 7. The number of aliphatic hydroxyl groups excluding tert-OH is 1. The molecule has 44 heavy (non-hydrogen) atoms. The Morgan fingerprint density at radius 3 is 2.34 bits per heavy atom. The van der Waals surface area contributed by atoms with Crippen LogP contribution >= 0.6 is 0 Å². The van der Waals surface area contributed by atoms with Crippen LogP contribution in [0.4, 0.5) is 0 Å². The number of azide groups is 2. The second kappa shape index (κ2) is 16.0. The van der Waals surface area contributed by atoms with Crippen LogP contribution in [0.2, 0.25) is 0 Å². The van der Waals surface area contributed by atoms with E-state index in [4.69, 9.17) is 30.6 Å². The van der Waals surface area contributed by atoms with E-state index in [9.17, 15) is 4.79 Å². The summed E-state index contributed by atoms with van der Waals surface area (Å²) in [5.41, 5.74) is 25.9. The minimum absolute atomic E-state index is 0.0362. The zero-order chi connectivity index (χ0) is 31.2. The lowest BCUT2D eigenvalue weighted by molar-refractivity contribution is -0.130. The third kappa shape index (κ3) is 7.66. The molecule has 0 fully saturated rings.